The van der Waals surface area contributed by atoms with Crippen LogP contribution < -0.4 is 9.47 Å². The molecule has 0 bridgehead atoms. The largest absolute Gasteiger partial charge is 0.493 e. The molecule has 1 aromatic carbocycles. The molecule has 0 saturated heterocycles. The van der Waals surface area contributed by atoms with Crippen LogP contribution in [0.2, 0.25) is 0 Å². The summed E-state index contributed by atoms with van der Waals surface area (Å²) < 4.78 is 11.3. The highest BCUT2D eigenvalue weighted by molar-refractivity contribution is 5.46. The normalized spacial score (nSPS) is 23.2. The van der Waals surface area contributed by atoms with Gasteiger partial charge in [-0.3, -0.25) is 0 Å². The Bertz CT molecular complexity index is 442. The fraction of sp³-hybridized carbons (Fsp3) is 0.533. The van der Waals surface area contributed by atoms with Gasteiger partial charge >= 0.3 is 0 Å². The maximum Gasteiger partial charge on any atom is 0.162 e. The van der Waals surface area contributed by atoms with Gasteiger partial charge in [0.15, 0.2) is 11.5 Å². The van der Waals surface area contributed by atoms with Crippen LogP contribution in [-0.2, 0) is 0 Å². The van der Waals surface area contributed by atoms with Crippen molar-refractivity contribution in [3.05, 3.63) is 23.8 Å². The lowest BCUT2D eigenvalue weighted by Gasteiger charge is -2.27. The summed E-state index contributed by atoms with van der Waals surface area (Å²) in [6, 6.07) is 7.42. The zero-order valence-electron chi connectivity index (χ0n) is 11.0. The van der Waals surface area contributed by atoms with E-state index in [1.165, 1.54) is 12.8 Å². The van der Waals surface area contributed by atoms with Crippen LogP contribution in [0.25, 0.3) is 0 Å². The number of ether oxygens (including phenoxy) is 2. The number of hydrogen-bond acceptors (Lipinski definition) is 3. The molecule has 0 unspecified atom stereocenters. The number of rotatable bonds is 3. The van der Waals surface area contributed by atoms with E-state index in [0.29, 0.717) is 17.1 Å². The zero-order chi connectivity index (χ0) is 13.0. The molecule has 0 atom stereocenters. The molecular weight excluding hydrogens is 226 g/mol. The van der Waals surface area contributed by atoms with E-state index in [4.69, 9.17) is 14.7 Å². The molecule has 0 N–H and O–H groups in total. The number of nitrogens with zero attached hydrogens (tertiary/aromatic N) is 1. The summed E-state index contributed by atoms with van der Waals surface area (Å²) in [6.45, 7) is 2.28. The molecule has 0 spiro atoms. The van der Waals surface area contributed by atoms with Gasteiger partial charge in [-0.05, 0) is 43.7 Å². The van der Waals surface area contributed by atoms with E-state index >= 15 is 0 Å². The van der Waals surface area contributed by atoms with Crippen molar-refractivity contribution in [2.24, 2.45) is 5.92 Å². The van der Waals surface area contributed by atoms with E-state index in [1.807, 2.05) is 0 Å². The molecule has 1 fully saturated rings. The van der Waals surface area contributed by atoms with Gasteiger partial charge in [-0.15, -0.1) is 0 Å². The Morgan fingerprint density at radius 2 is 1.89 bits per heavy atom. The molecule has 1 aromatic rings. The van der Waals surface area contributed by atoms with E-state index in [9.17, 15) is 0 Å². The maximum absolute atomic E-state index is 8.92. The van der Waals surface area contributed by atoms with E-state index in [2.05, 4.69) is 13.0 Å². The Morgan fingerprint density at radius 3 is 2.50 bits per heavy atom. The minimum atomic E-state index is 0.254. The SMILES string of the molecule is COc1ccc(C#N)cc1OC1CCC(C)CC1. The van der Waals surface area contributed by atoms with Gasteiger partial charge in [-0.1, -0.05) is 6.92 Å². The molecule has 2 rings (SSSR count). The average molecular weight is 245 g/mol. The summed E-state index contributed by atoms with van der Waals surface area (Å²) in [5.41, 5.74) is 0.606. The molecule has 96 valence electrons. The standard InChI is InChI=1S/C15H19NO2/c1-11-3-6-13(7-4-11)18-15-9-12(10-16)5-8-14(15)17-2/h5,8-9,11,13H,3-4,6-7H2,1-2H3. The van der Waals surface area contributed by atoms with Gasteiger partial charge in [-0.25, -0.2) is 0 Å². The first-order valence-corrected chi connectivity index (χ1v) is 6.47. The van der Waals surface area contributed by atoms with Crippen LogP contribution in [0, 0.1) is 17.2 Å². The number of methoxy groups -OCH3 is 1. The highest BCUT2D eigenvalue weighted by atomic mass is 16.5. The second-order valence-corrected chi connectivity index (χ2v) is 4.98. The van der Waals surface area contributed by atoms with Crippen LogP contribution in [0.15, 0.2) is 18.2 Å². The molecule has 1 saturated carbocycles. The van der Waals surface area contributed by atoms with Crippen molar-refractivity contribution in [2.45, 2.75) is 38.7 Å². The summed E-state index contributed by atoms with van der Waals surface area (Å²) in [7, 11) is 1.62. The molecule has 3 heteroatoms. The molecule has 1 aliphatic carbocycles. The fourth-order valence-electron chi connectivity index (χ4n) is 2.37. The molecule has 0 radical (unpaired) electrons. The van der Waals surface area contributed by atoms with Crippen LogP contribution in [-0.4, -0.2) is 13.2 Å². The first-order valence-electron chi connectivity index (χ1n) is 6.47. The van der Waals surface area contributed by atoms with Crippen LogP contribution in [0.1, 0.15) is 38.2 Å². The average Bonchev–Trinajstić information content (AvgIpc) is 2.41. The third kappa shape index (κ3) is 2.95. The quantitative estimate of drug-likeness (QED) is 0.818. The molecule has 1 aliphatic rings. The van der Waals surface area contributed by atoms with Crippen molar-refractivity contribution in [2.75, 3.05) is 7.11 Å². The Kier molecular flexibility index (Phi) is 4.09. The molecule has 0 heterocycles. The number of hydrogen-bond donors (Lipinski definition) is 0. The fourth-order valence-corrected chi connectivity index (χ4v) is 2.37. The predicted molar refractivity (Wildman–Crippen MR) is 69.8 cm³/mol. The van der Waals surface area contributed by atoms with Gasteiger partial charge in [0.1, 0.15) is 0 Å². The van der Waals surface area contributed by atoms with Crippen LogP contribution in [0.4, 0.5) is 0 Å². The summed E-state index contributed by atoms with van der Waals surface area (Å²) in [5, 5.41) is 8.92. The van der Waals surface area contributed by atoms with Gasteiger partial charge < -0.3 is 9.47 Å². The van der Waals surface area contributed by atoms with E-state index in [1.54, 1.807) is 25.3 Å². The summed E-state index contributed by atoms with van der Waals surface area (Å²) in [4.78, 5) is 0. The van der Waals surface area contributed by atoms with Crippen LogP contribution in [0.3, 0.4) is 0 Å². The lowest BCUT2D eigenvalue weighted by molar-refractivity contribution is 0.131. The second-order valence-electron chi connectivity index (χ2n) is 4.98. The second kappa shape index (κ2) is 5.77. The predicted octanol–water partition coefficient (Wildman–Crippen LogP) is 3.52. The number of benzene rings is 1. The first kappa shape index (κ1) is 12.8. The Morgan fingerprint density at radius 1 is 1.17 bits per heavy atom. The van der Waals surface area contributed by atoms with Crippen molar-refractivity contribution >= 4 is 0 Å². The van der Waals surface area contributed by atoms with E-state index in [-0.39, 0.29) is 6.10 Å². The first-order chi connectivity index (χ1) is 8.72. The van der Waals surface area contributed by atoms with E-state index < -0.39 is 0 Å². The van der Waals surface area contributed by atoms with Crippen molar-refractivity contribution in [1.82, 2.24) is 0 Å². The van der Waals surface area contributed by atoms with Crippen molar-refractivity contribution in [3.8, 4) is 17.6 Å². The molecule has 18 heavy (non-hydrogen) atoms. The summed E-state index contributed by atoms with van der Waals surface area (Å²) in [5.74, 6) is 2.20. The Labute approximate surface area is 108 Å². The highest BCUT2D eigenvalue weighted by Crippen LogP contribution is 2.32. The van der Waals surface area contributed by atoms with E-state index in [0.717, 1.165) is 18.8 Å². The smallest absolute Gasteiger partial charge is 0.162 e. The minimum Gasteiger partial charge on any atom is -0.493 e. The maximum atomic E-state index is 8.92. The summed E-state index contributed by atoms with van der Waals surface area (Å²) >= 11 is 0. The highest BCUT2D eigenvalue weighted by Gasteiger charge is 2.20. The number of nitriles is 1. The van der Waals surface area contributed by atoms with Gasteiger partial charge in [0.05, 0.1) is 24.8 Å². The molecule has 0 aliphatic heterocycles. The Hall–Kier alpha value is -1.69. The van der Waals surface area contributed by atoms with Gasteiger partial charge in [0.2, 0.25) is 0 Å². The van der Waals surface area contributed by atoms with Gasteiger partial charge in [0.25, 0.3) is 0 Å². The molecule has 3 nitrogen and oxygen atoms in total. The minimum absolute atomic E-state index is 0.254. The van der Waals surface area contributed by atoms with Gasteiger partial charge in [0, 0.05) is 6.07 Å². The van der Waals surface area contributed by atoms with Crippen LogP contribution >= 0.6 is 0 Å². The van der Waals surface area contributed by atoms with Crippen molar-refractivity contribution in [3.63, 3.8) is 0 Å². The summed E-state index contributed by atoms with van der Waals surface area (Å²) in [6.07, 6.45) is 4.85. The third-order valence-electron chi connectivity index (χ3n) is 3.55. The molecule has 0 amide bonds. The van der Waals surface area contributed by atoms with Crippen molar-refractivity contribution in [1.29, 1.82) is 5.26 Å². The molecular formula is C15H19NO2. The lowest BCUT2D eigenvalue weighted by atomic mass is 9.89. The molecule has 0 aromatic heterocycles. The van der Waals surface area contributed by atoms with Gasteiger partial charge in [-0.2, -0.15) is 5.26 Å². The topological polar surface area (TPSA) is 42.2 Å². The lowest BCUT2D eigenvalue weighted by Crippen LogP contribution is -2.23. The van der Waals surface area contributed by atoms with Crippen molar-refractivity contribution < 1.29 is 9.47 Å². The Balaban J connectivity index is 2.10. The monoisotopic (exact) mass is 245 g/mol. The van der Waals surface area contributed by atoms with Crippen LogP contribution in [0.5, 0.6) is 11.5 Å². The zero-order valence-corrected chi connectivity index (χ0v) is 11.0. The third-order valence-corrected chi connectivity index (χ3v) is 3.55.